The van der Waals surface area contributed by atoms with Gasteiger partial charge in [0, 0.05) is 17.8 Å². The molecule has 2 heterocycles. The van der Waals surface area contributed by atoms with Gasteiger partial charge < -0.3 is 29.9 Å². The van der Waals surface area contributed by atoms with E-state index in [1.165, 1.54) is 0 Å². The molecule has 0 aromatic carbocycles. The van der Waals surface area contributed by atoms with Crippen LogP contribution in [0.25, 0.3) is 0 Å². The Morgan fingerprint density at radius 3 is 2.30 bits per heavy atom. The Labute approximate surface area is 218 Å². The number of aliphatic hydroxyl groups excluding tert-OH is 3. The number of carbonyl (C=O) groups is 2. The molecule has 13 atom stereocenters. The molecule has 8 nitrogen and oxygen atoms in total. The van der Waals surface area contributed by atoms with Gasteiger partial charge in [-0.15, -0.1) is 0 Å². The lowest BCUT2D eigenvalue weighted by molar-refractivity contribution is -0.203. The number of carbonyl (C=O) groups excluding carboxylic acids is 2. The van der Waals surface area contributed by atoms with E-state index in [9.17, 15) is 30.0 Å². The molecular formula is C29H42O8. The molecule has 37 heavy (non-hydrogen) atoms. The van der Waals surface area contributed by atoms with Crippen molar-refractivity contribution in [3.05, 3.63) is 11.6 Å². The summed E-state index contributed by atoms with van der Waals surface area (Å²) >= 11 is 0. The minimum absolute atomic E-state index is 0.0661. The molecule has 1 spiro atoms. The second-order valence-electron chi connectivity index (χ2n) is 13.9. The Balaban J connectivity index is 1.37. The number of esters is 1. The van der Waals surface area contributed by atoms with Gasteiger partial charge in [-0.3, -0.25) is 9.59 Å². The molecule has 0 radical (unpaired) electrons. The molecule has 8 heteroatoms. The van der Waals surface area contributed by atoms with E-state index in [2.05, 4.69) is 6.92 Å². The van der Waals surface area contributed by atoms with Crippen LogP contribution in [0.3, 0.4) is 0 Å². The zero-order chi connectivity index (χ0) is 26.9. The third-order valence-corrected chi connectivity index (χ3v) is 12.5. The molecule has 2 aliphatic heterocycles. The quantitative estimate of drug-likeness (QED) is 0.388. The fourth-order valence-corrected chi connectivity index (χ4v) is 10.1. The Morgan fingerprint density at radius 1 is 0.946 bits per heavy atom. The highest BCUT2D eigenvalue weighted by molar-refractivity contribution is 5.95. The summed E-state index contributed by atoms with van der Waals surface area (Å²) in [6.45, 7) is 9.64. The van der Waals surface area contributed by atoms with Crippen LogP contribution in [0.4, 0.5) is 0 Å². The van der Waals surface area contributed by atoms with Crippen molar-refractivity contribution >= 4 is 11.8 Å². The van der Waals surface area contributed by atoms with Gasteiger partial charge in [0.05, 0.1) is 35.4 Å². The second-order valence-corrected chi connectivity index (χ2v) is 13.9. The van der Waals surface area contributed by atoms with E-state index in [0.29, 0.717) is 32.1 Å². The summed E-state index contributed by atoms with van der Waals surface area (Å²) in [5.74, 6) is -1.52. The third-order valence-electron chi connectivity index (χ3n) is 12.5. The van der Waals surface area contributed by atoms with Gasteiger partial charge in [0.15, 0.2) is 5.78 Å². The molecule has 3 saturated carbocycles. The van der Waals surface area contributed by atoms with Crippen molar-refractivity contribution in [3.63, 3.8) is 0 Å². The molecular weight excluding hydrogens is 476 g/mol. The predicted molar refractivity (Wildman–Crippen MR) is 132 cm³/mol. The monoisotopic (exact) mass is 518 g/mol. The standard InChI is InChI=1S/C29H42O8/c1-14-24(34)36-15(2)28(14)13-23(33)27(5,37-28)22-7-9-29(35)17-10-19(30)18-11-20(31)21(32)12-25(18,3)16(17)6-8-26(22,29)4/h10,14-16,18,20-23,31-33,35H,6-9,11-13H2,1-5H3/t14-,15-,16-,18-,20-,21+,22-,23+,25-,26-,27-,28-,29-/m1/s1. The number of allylic oxidation sites excluding steroid dienone is 1. The van der Waals surface area contributed by atoms with Crippen molar-refractivity contribution in [2.75, 3.05) is 0 Å². The van der Waals surface area contributed by atoms with Crippen LogP contribution in [-0.2, 0) is 19.1 Å². The van der Waals surface area contributed by atoms with E-state index in [1.807, 2.05) is 20.8 Å². The number of aliphatic hydroxyl groups is 4. The van der Waals surface area contributed by atoms with Crippen molar-refractivity contribution in [2.45, 2.75) is 121 Å². The van der Waals surface area contributed by atoms with Gasteiger partial charge >= 0.3 is 5.97 Å². The molecule has 0 unspecified atom stereocenters. The van der Waals surface area contributed by atoms with Crippen LogP contribution in [0.5, 0.6) is 0 Å². The number of cyclic esters (lactones) is 1. The lowest BCUT2D eigenvalue weighted by Gasteiger charge is -2.60. The van der Waals surface area contributed by atoms with E-state index < -0.39 is 58.0 Å². The van der Waals surface area contributed by atoms with Crippen LogP contribution in [0.2, 0.25) is 0 Å². The van der Waals surface area contributed by atoms with Gasteiger partial charge in [-0.25, -0.2) is 0 Å². The zero-order valence-corrected chi connectivity index (χ0v) is 22.6. The molecule has 4 aliphatic carbocycles. The van der Waals surface area contributed by atoms with E-state index >= 15 is 0 Å². The maximum Gasteiger partial charge on any atom is 0.312 e. The molecule has 0 amide bonds. The van der Waals surface area contributed by atoms with E-state index in [0.717, 1.165) is 12.0 Å². The van der Waals surface area contributed by atoms with Crippen molar-refractivity contribution in [3.8, 4) is 0 Å². The van der Waals surface area contributed by atoms with Crippen LogP contribution in [0, 0.1) is 34.5 Å². The van der Waals surface area contributed by atoms with E-state index in [4.69, 9.17) is 9.47 Å². The van der Waals surface area contributed by atoms with Gasteiger partial charge in [0.25, 0.3) is 0 Å². The van der Waals surface area contributed by atoms with Crippen LogP contribution in [0.15, 0.2) is 11.6 Å². The average Bonchev–Trinajstić information content (AvgIpc) is 3.34. The van der Waals surface area contributed by atoms with Crippen molar-refractivity contribution in [2.24, 2.45) is 34.5 Å². The molecule has 0 bridgehead atoms. The van der Waals surface area contributed by atoms with Crippen LogP contribution >= 0.6 is 0 Å². The summed E-state index contributed by atoms with van der Waals surface area (Å²) in [5, 5.41) is 44.8. The number of hydrogen-bond donors (Lipinski definition) is 4. The highest BCUT2D eigenvalue weighted by Gasteiger charge is 2.73. The SMILES string of the molecule is C[C@@H]1C(=O)O[C@H](C)[C@@]12C[C@H](O)[C@@](C)([C@@H]1CC[C@@]3(O)C4=CC(=O)[C@H]5C[C@@H](O)[C@@H](O)C[C@]5(C)[C@@H]4CC[C@]13C)O2. The first-order chi connectivity index (χ1) is 17.1. The Morgan fingerprint density at radius 2 is 1.65 bits per heavy atom. The average molecular weight is 519 g/mol. The summed E-state index contributed by atoms with van der Waals surface area (Å²) in [4.78, 5) is 25.8. The largest absolute Gasteiger partial charge is 0.459 e. The first-order valence-corrected chi connectivity index (χ1v) is 14.1. The number of hydrogen-bond acceptors (Lipinski definition) is 8. The van der Waals surface area contributed by atoms with Crippen LogP contribution in [0.1, 0.15) is 79.6 Å². The topological polar surface area (TPSA) is 134 Å². The Kier molecular flexibility index (Phi) is 5.37. The molecule has 6 rings (SSSR count). The number of ether oxygens (including phenoxy) is 2. The Bertz CT molecular complexity index is 1070. The highest BCUT2D eigenvalue weighted by Crippen LogP contribution is 2.70. The lowest BCUT2D eigenvalue weighted by atomic mass is 9.45. The third kappa shape index (κ3) is 2.97. The van der Waals surface area contributed by atoms with Crippen LogP contribution < -0.4 is 0 Å². The van der Waals surface area contributed by atoms with Gasteiger partial charge in [0.1, 0.15) is 11.7 Å². The van der Waals surface area contributed by atoms with Gasteiger partial charge in [-0.05, 0) is 88.2 Å². The van der Waals surface area contributed by atoms with Crippen molar-refractivity contribution in [1.29, 1.82) is 0 Å². The fraction of sp³-hybridized carbons (Fsp3) is 0.862. The number of fused-ring (bicyclic) bond motifs is 5. The maximum atomic E-state index is 13.4. The first kappa shape index (κ1) is 25.9. The molecule has 6 aliphatic rings. The number of ketones is 1. The first-order valence-electron chi connectivity index (χ1n) is 14.1. The summed E-state index contributed by atoms with van der Waals surface area (Å²) in [7, 11) is 0. The summed E-state index contributed by atoms with van der Waals surface area (Å²) in [6.07, 6.45) is 1.92. The lowest BCUT2D eigenvalue weighted by Crippen LogP contribution is -2.62. The molecule has 0 aromatic rings. The minimum Gasteiger partial charge on any atom is -0.459 e. The second kappa shape index (κ2) is 7.66. The smallest absolute Gasteiger partial charge is 0.312 e. The molecule has 0 aromatic heterocycles. The summed E-state index contributed by atoms with van der Waals surface area (Å²) in [6, 6.07) is 0. The highest BCUT2D eigenvalue weighted by atomic mass is 16.6. The van der Waals surface area contributed by atoms with E-state index in [-0.39, 0.29) is 35.9 Å². The van der Waals surface area contributed by atoms with E-state index in [1.54, 1.807) is 13.0 Å². The zero-order valence-electron chi connectivity index (χ0n) is 22.6. The minimum atomic E-state index is -1.24. The molecule has 4 N–H and O–H groups in total. The Hall–Kier alpha value is -1.32. The van der Waals surface area contributed by atoms with Gasteiger partial charge in [-0.1, -0.05) is 13.8 Å². The molecule has 206 valence electrons. The van der Waals surface area contributed by atoms with Gasteiger partial charge in [0.2, 0.25) is 0 Å². The predicted octanol–water partition coefficient (Wildman–Crippen LogP) is 2.05. The van der Waals surface area contributed by atoms with Crippen LogP contribution in [-0.4, -0.2) is 73.4 Å². The summed E-state index contributed by atoms with van der Waals surface area (Å²) < 4.78 is 12.3. The maximum absolute atomic E-state index is 13.4. The number of rotatable bonds is 1. The van der Waals surface area contributed by atoms with Crippen molar-refractivity contribution in [1.82, 2.24) is 0 Å². The molecule has 5 fully saturated rings. The fourth-order valence-electron chi connectivity index (χ4n) is 10.1. The summed E-state index contributed by atoms with van der Waals surface area (Å²) in [5.41, 5.74) is -3.56. The van der Waals surface area contributed by atoms with Crippen molar-refractivity contribution < 1.29 is 39.5 Å². The van der Waals surface area contributed by atoms with Gasteiger partial charge in [-0.2, -0.15) is 0 Å². The normalized spacial score (nSPS) is 59.1. The molecule has 2 saturated heterocycles.